The second kappa shape index (κ2) is 6.27. The summed E-state index contributed by atoms with van der Waals surface area (Å²) in [5, 5.41) is 14.2. The van der Waals surface area contributed by atoms with E-state index in [2.05, 4.69) is 20.8 Å². The van der Waals surface area contributed by atoms with Crippen LogP contribution in [0.1, 0.15) is 42.0 Å². The first-order valence-corrected chi connectivity index (χ1v) is 8.68. The van der Waals surface area contributed by atoms with Crippen LogP contribution < -0.4 is 10.6 Å². The normalized spacial score (nSPS) is 17.9. The van der Waals surface area contributed by atoms with Crippen LogP contribution in [0.3, 0.4) is 0 Å². The van der Waals surface area contributed by atoms with Crippen LogP contribution in [-0.2, 0) is 12.8 Å². The minimum Gasteiger partial charge on any atom is -0.459 e. The maximum Gasteiger partial charge on any atom is 0.315 e. The molecule has 3 aromatic rings. The van der Waals surface area contributed by atoms with E-state index in [-0.39, 0.29) is 18.1 Å². The zero-order valence-electron chi connectivity index (χ0n) is 14.4. The van der Waals surface area contributed by atoms with Gasteiger partial charge < -0.3 is 15.1 Å². The van der Waals surface area contributed by atoms with Gasteiger partial charge in [0.2, 0.25) is 0 Å². The second-order valence-corrected chi connectivity index (χ2v) is 6.74. The number of furan rings is 1. The molecule has 2 heterocycles. The predicted octanol–water partition coefficient (Wildman–Crippen LogP) is 3.38. The molecule has 6 nitrogen and oxygen atoms in total. The van der Waals surface area contributed by atoms with E-state index in [0.29, 0.717) is 0 Å². The molecule has 2 amide bonds. The van der Waals surface area contributed by atoms with Gasteiger partial charge in [-0.25, -0.2) is 4.79 Å². The average Bonchev–Trinajstić information content (AvgIpc) is 3.19. The molecule has 0 radical (unpaired) electrons. The molecule has 3 N–H and O–H groups in total. The quantitative estimate of drug-likeness (QED) is 0.684. The maximum absolute atomic E-state index is 12.4. The molecule has 1 aliphatic rings. The summed E-state index contributed by atoms with van der Waals surface area (Å²) < 4.78 is 5.93. The van der Waals surface area contributed by atoms with E-state index < -0.39 is 0 Å². The zero-order valence-corrected chi connectivity index (χ0v) is 14.4. The standard InChI is InChI=1S/C19H22N4O2/c1-11-15-5-3-4-6-17(15)25-18(11)12(2)21-19(24)22-14-8-7-13-10-20-23-16(13)9-14/h3-6,10,12,14H,7-9H2,1-2H3,(H,20,23)(H2,21,22,24)/t12-,14?/m1/s1. The number of amides is 2. The number of aromatic nitrogens is 2. The van der Waals surface area contributed by atoms with Crippen LogP contribution in [0.15, 0.2) is 34.9 Å². The average molecular weight is 338 g/mol. The van der Waals surface area contributed by atoms with Crippen molar-refractivity contribution in [3.8, 4) is 0 Å². The van der Waals surface area contributed by atoms with E-state index in [4.69, 9.17) is 4.42 Å². The van der Waals surface area contributed by atoms with Crippen molar-refractivity contribution < 1.29 is 9.21 Å². The van der Waals surface area contributed by atoms with Gasteiger partial charge in [-0.3, -0.25) is 5.10 Å². The SMILES string of the molecule is Cc1c([C@@H](C)NC(=O)NC2CCc3cn[nH]c3C2)oc2ccccc12. The van der Waals surface area contributed by atoms with Gasteiger partial charge in [-0.15, -0.1) is 0 Å². The first-order valence-electron chi connectivity index (χ1n) is 8.68. The Balaban J connectivity index is 1.41. The number of carbonyl (C=O) groups excluding carboxylic acids is 1. The lowest BCUT2D eigenvalue weighted by Gasteiger charge is -2.24. The van der Waals surface area contributed by atoms with Crippen LogP contribution >= 0.6 is 0 Å². The number of aryl methyl sites for hydroxylation is 2. The summed E-state index contributed by atoms with van der Waals surface area (Å²) in [5.41, 5.74) is 4.30. The molecule has 0 aliphatic heterocycles. The largest absolute Gasteiger partial charge is 0.459 e. The minimum atomic E-state index is -0.196. The molecule has 4 rings (SSSR count). The number of benzene rings is 1. The second-order valence-electron chi connectivity index (χ2n) is 6.74. The highest BCUT2D eigenvalue weighted by Gasteiger charge is 2.23. The van der Waals surface area contributed by atoms with Gasteiger partial charge in [0, 0.05) is 29.1 Å². The number of hydrogen-bond acceptors (Lipinski definition) is 3. The third kappa shape index (κ3) is 2.99. The third-order valence-electron chi connectivity index (χ3n) is 4.98. The monoisotopic (exact) mass is 338 g/mol. The van der Waals surface area contributed by atoms with Crippen molar-refractivity contribution in [2.45, 2.75) is 45.2 Å². The Morgan fingerprint density at radius 2 is 2.24 bits per heavy atom. The Hall–Kier alpha value is -2.76. The summed E-state index contributed by atoms with van der Waals surface area (Å²) in [6, 6.07) is 7.69. The van der Waals surface area contributed by atoms with Crippen LogP contribution in [0.5, 0.6) is 0 Å². The Bertz CT molecular complexity index is 911. The molecule has 130 valence electrons. The van der Waals surface area contributed by atoms with Crippen molar-refractivity contribution >= 4 is 17.0 Å². The van der Waals surface area contributed by atoms with Crippen LogP contribution in [0, 0.1) is 6.92 Å². The molecule has 1 aromatic carbocycles. The lowest BCUT2D eigenvalue weighted by molar-refractivity contribution is 0.231. The zero-order chi connectivity index (χ0) is 17.4. The van der Waals surface area contributed by atoms with Crippen LogP contribution in [-0.4, -0.2) is 22.3 Å². The van der Waals surface area contributed by atoms with Crippen molar-refractivity contribution in [1.82, 2.24) is 20.8 Å². The third-order valence-corrected chi connectivity index (χ3v) is 4.98. The molecule has 6 heteroatoms. The van der Waals surface area contributed by atoms with Crippen LogP contribution in [0.2, 0.25) is 0 Å². The topological polar surface area (TPSA) is 83.0 Å². The van der Waals surface area contributed by atoms with Gasteiger partial charge >= 0.3 is 6.03 Å². The van der Waals surface area contributed by atoms with E-state index >= 15 is 0 Å². The van der Waals surface area contributed by atoms with E-state index in [0.717, 1.165) is 47.2 Å². The Kier molecular flexibility index (Phi) is 3.95. The number of fused-ring (bicyclic) bond motifs is 2. The van der Waals surface area contributed by atoms with Crippen molar-refractivity contribution in [1.29, 1.82) is 0 Å². The number of hydrogen-bond donors (Lipinski definition) is 3. The van der Waals surface area contributed by atoms with Gasteiger partial charge in [0.25, 0.3) is 0 Å². The number of nitrogens with zero attached hydrogens (tertiary/aromatic N) is 1. The highest BCUT2D eigenvalue weighted by Crippen LogP contribution is 2.29. The maximum atomic E-state index is 12.4. The Labute approximate surface area is 146 Å². The molecule has 0 saturated heterocycles. The minimum absolute atomic E-state index is 0.122. The van der Waals surface area contributed by atoms with Gasteiger partial charge in [-0.05, 0) is 38.3 Å². The number of nitrogens with one attached hydrogen (secondary N) is 3. The molecule has 0 fully saturated rings. The Morgan fingerprint density at radius 3 is 3.08 bits per heavy atom. The van der Waals surface area contributed by atoms with Gasteiger partial charge in [0.05, 0.1) is 12.2 Å². The molecular weight excluding hydrogens is 316 g/mol. The van der Waals surface area contributed by atoms with Gasteiger partial charge in [0.15, 0.2) is 0 Å². The van der Waals surface area contributed by atoms with E-state index in [1.54, 1.807) is 0 Å². The molecule has 1 unspecified atom stereocenters. The predicted molar refractivity (Wildman–Crippen MR) is 95.4 cm³/mol. The lowest BCUT2D eigenvalue weighted by Crippen LogP contribution is -2.45. The summed E-state index contributed by atoms with van der Waals surface area (Å²) >= 11 is 0. The fourth-order valence-electron chi connectivity index (χ4n) is 3.63. The first-order chi connectivity index (χ1) is 12.1. The highest BCUT2D eigenvalue weighted by molar-refractivity contribution is 5.82. The summed E-state index contributed by atoms with van der Waals surface area (Å²) in [4.78, 5) is 12.4. The van der Waals surface area contributed by atoms with Gasteiger partial charge in [-0.1, -0.05) is 18.2 Å². The Morgan fingerprint density at radius 1 is 1.40 bits per heavy atom. The molecule has 0 spiro atoms. The summed E-state index contributed by atoms with van der Waals surface area (Å²) in [6.45, 7) is 3.97. The van der Waals surface area contributed by atoms with E-state index in [1.807, 2.05) is 44.3 Å². The molecule has 1 aliphatic carbocycles. The lowest BCUT2D eigenvalue weighted by atomic mass is 9.94. The van der Waals surface area contributed by atoms with Crippen LogP contribution in [0.4, 0.5) is 4.79 Å². The highest BCUT2D eigenvalue weighted by atomic mass is 16.3. The summed E-state index contributed by atoms with van der Waals surface area (Å²) in [5.74, 6) is 0.802. The number of aromatic amines is 1. The fraction of sp³-hybridized carbons (Fsp3) is 0.368. The van der Waals surface area contributed by atoms with E-state index in [9.17, 15) is 4.79 Å². The van der Waals surface area contributed by atoms with Gasteiger partial charge in [0.1, 0.15) is 11.3 Å². The number of urea groups is 1. The van der Waals surface area contributed by atoms with Crippen LogP contribution in [0.25, 0.3) is 11.0 Å². The number of carbonyl (C=O) groups is 1. The smallest absolute Gasteiger partial charge is 0.315 e. The van der Waals surface area contributed by atoms with E-state index in [1.165, 1.54) is 5.56 Å². The number of rotatable bonds is 3. The molecule has 0 saturated carbocycles. The van der Waals surface area contributed by atoms with Crippen molar-refractivity contribution in [3.05, 3.63) is 53.0 Å². The first kappa shape index (κ1) is 15.7. The van der Waals surface area contributed by atoms with Gasteiger partial charge in [-0.2, -0.15) is 5.10 Å². The molecule has 2 atom stereocenters. The number of H-pyrrole nitrogens is 1. The summed E-state index contributed by atoms with van der Waals surface area (Å²) in [7, 11) is 0. The van der Waals surface area contributed by atoms with Crippen molar-refractivity contribution in [2.75, 3.05) is 0 Å². The summed E-state index contributed by atoms with van der Waals surface area (Å²) in [6.07, 6.45) is 4.53. The molecule has 0 bridgehead atoms. The van der Waals surface area contributed by atoms with Crippen molar-refractivity contribution in [3.63, 3.8) is 0 Å². The van der Waals surface area contributed by atoms with Crippen molar-refractivity contribution in [2.24, 2.45) is 0 Å². The molecular formula is C19H22N4O2. The molecule has 25 heavy (non-hydrogen) atoms. The molecule has 2 aromatic heterocycles. The fourth-order valence-corrected chi connectivity index (χ4v) is 3.63. The number of para-hydroxylation sites is 1.